The van der Waals surface area contributed by atoms with Gasteiger partial charge >= 0.3 is 0 Å². The molecular formula is C18H19F2NO. The van der Waals surface area contributed by atoms with Gasteiger partial charge in [-0.2, -0.15) is 0 Å². The Kier molecular flexibility index (Phi) is 4.23. The van der Waals surface area contributed by atoms with Crippen LogP contribution in [0, 0.1) is 17.6 Å². The molecule has 0 radical (unpaired) electrons. The average Bonchev–Trinajstić information content (AvgIpc) is 2.56. The van der Waals surface area contributed by atoms with Gasteiger partial charge in [0.2, 0.25) is 0 Å². The first kappa shape index (κ1) is 15.1. The van der Waals surface area contributed by atoms with Gasteiger partial charge in [0.1, 0.15) is 17.2 Å². The molecular weight excluding hydrogens is 284 g/mol. The highest BCUT2D eigenvalue weighted by Crippen LogP contribution is 2.42. The SMILES string of the molecule is OC(c1ccccc1F)(c1ccccc1F)C1CCNCC1. The number of piperidine rings is 1. The maximum absolute atomic E-state index is 14.4. The summed E-state index contributed by atoms with van der Waals surface area (Å²) in [6.45, 7) is 1.46. The molecule has 116 valence electrons. The molecule has 0 aliphatic carbocycles. The summed E-state index contributed by atoms with van der Waals surface area (Å²) in [4.78, 5) is 0. The molecule has 0 unspecified atom stereocenters. The third kappa shape index (κ3) is 2.53. The monoisotopic (exact) mass is 303 g/mol. The van der Waals surface area contributed by atoms with Crippen LogP contribution >= 0.6 is 0 Å². The zero-order valence-corrected chi connectivity index (χ0v) is 12.2. The second-order valence-corrected chi connectivity index (χ2v) is 5.75. The minimum atomic E-state index is -1.65. The van der Waals surface area contributed by atoms with E-state index in [1.165, 1.54) is 12.1 Å². The van der Waals surface area contributed by atoms with Crippen LogP contribution in [0.15, 0.2) is 48.5 Å². The molecule has 2 aromatic carbocycles. The molecule has 1 aliphatic rings. The molecule has 2 nitrogen and oxygen atoms in total. The molecule has 3 rings (SSSR count). The van der Waals surface area contributed by atoms with E-state index in [0.29, 0.717) is 12.8 Å². The lowest BCUT2D eigenvalue weighted by molar-refractivity contribution is -0.00351. The highest BCUT2D eigenvalue weighted by Gasteiger charge is 2.43. The van der Waals surface area contributed by atoms with Crippen molar-refractivity contribution in [2.45, 2.75) is 18.4 Å². The summed E-state index contributed by atoms with van der Waals surface area (Å²) in [6, 6.07) is 12.2. The van der Waals surface area contributed by atoms with E-state index in [2.05, 4.69) is 5.32 Å². The molecule has 0 saturated carbocycles. The van der Waals surface area contributed by atoms with Gasteiger partial charge in [0, 0.05) is 11.1 Å². The first-order valence-corrected chi connectivity index (χ1v) is 7.57. The molecule has 4 heteroatoms. The van der Waals surface area contributed by atoms with E-state index in [-0.39, 0.29) is 17.0 Å². The molecule has 2 aromatic rings. The van der Waals surface area contributed by atoms with E-state index in [4.69, 9.17) is 0 Å². The standard InChI is InChI=1S/C18H19F2NO/c19-16-7-3-1-5-14(16)18(22,13-9-11-21-12-10-13)15-6-2-4-8-17(15)20/h1-8,13,21-22H,9-12H2. The summed E-state index contributed by atoms with van der Waals surface area (Å²) in [5.74, 6) is -1.25. The van der Waals surface area contributed by atoms with E-state index in [1.807, 2.05) is 0 Å². The second kappa shape index (κ2) is 6.15. The molecule has 1 aliphatic heterocycles. The van der Waals surface area contributed by atoms with Crippen molar-refractivity contribution < 1.29 is 13.9 Å². The van der Waals surface area contributed by atoms with Crippen molar-refractivity contribution in [2.24, 2.45) is 5.92 Å². The molecule has 1 fully saturated rings. The smallest absolute Gasteiger partial charge is 0.129 e. The Morgan fingerprint density at radius 1 is 0.864 bits per heavy atom. The number of aliphatic hydroxyl groups is 1. The fourth-order valence-electron chi connectivity index (χ4n) is 3.37. The van der Waals surface area contributed by atoms with Crippen molar-refractivity contribution in [1.82, 2.24) is 5.32 Å². The maximum atomic E-state index is 14.4. The quantitative estimate of drug-likeness (QED) is 0.912. The van der Waals surface area contributed by atoms with Crippen LogP contribution in [-0.4, -0.2) is 18.2 Å². The number of hydrogen-bond acceptors (Lipinski definition) is 2. The summed E-state index contributed by atoms with van der Waals surface area (Å²) < 4.78 is 28.7. The Bertz CT molecular complexity index is 608. The second-order valence-electron chi connectivity index (χ2n) is 5.75. The van der Waals surface area contributed by atoms with Crippen molar-refractivity contribution in [1.29, 1.82) is 0 Å². The predicted octanol–water partition coefficient (Wildman–Crippen LogP) is 3.20. The van der Waals surface area contributed by atoms with Crippen LogP contribution in [-0.2, 0) is 5.60 Å². The van der Waals surface area contributed by atoms with Crippen molar-refractivity contribution >= 4 is 0 Å². The fourth-order valence-corrected chi connectivity index (χ4v) is 3.37. The topological polar surface area (TPSA) is 32.3 Å². The Labute approximate surface area is 128 Å². The highest BCUT2D eigenvalue weighted by molar-refractivity contribution is 5.38. The van der Waals surface area contributed by atoms with Gasteiger partial charge in [-0.05, 0) is 44.0 Å². The average molecular weight is 303 g/mol. The molecule has 22 heavy (non-hydrogen) atoms. The number of rotatable bonds is 3. The molecule has 0 atom stereocenters. The summed E-state index contributed by atoms with van der Waals surface area (Å²) in [5, 5.41) is 14.7. The lowest BCUT2D eigenvalue weighted by atomic mass is 9.72. The lowest BCUT2D eigenvalue weighted by Gasteiger charge is -2.39. The van der Waals surface area contributed by atoms with Gasteiger partial charge in [-0.1, -0.05) is 36.4 Å². The van der Waals surface area contributed by atoms with Crippen LogP contribution in [0.5, 0.6) is 0 Å². The van der Waals surface area contributed by atoms with E-state index in [0.717, 1.165) is 13.1 Å². The predicted molar refractivity (Wildman–Crippen MR) is 81.4 cm³/mol. The van der Waals surface area contributed by atoms with Crippen LogP contribution in [0.1, 0.15) is 24.0 Å². The number of nitrogens with one attached hydrogen (secondary N) is 1. The maximum Gasteiger partial charge on any atom is 0.129 e. The van der Waals surface area contributed by atoms with Gasteiger partial charge in [-0.3, -0.25) is 0 Å². The molecule has 2 N–H and O–H groups in total. The number of benzene rings is 2. The molecule has 1 saturated heterocycles. The first-order chi connectivity index (χ1) is 10.6. The number of halogens is 2. The highest BCUT2D eigenvalue weighted by atomic mass is 19.1. The van der Waals surface area contributed by atoms with Crippen molar-refractivity contribution in [3.05, 3.63) is 71.3 Å². The van der Waals surface area contributed by atoms with Gasteiger partial charge in [-0.25, -0.2) is 8.78 Å². The van der Waals surface area contributed by atoms with E-state index in [9.17, 15) is 13.9 Å². The van der Waals surface area contributed by atoms with Gasteiger partial charge in [0.05, 0.1) is 0 Å². The Morgan fingerprint density at radius 3 is 1.77 bits per heavy atom. The van der Waals surface area contributed by atoms with Crippen LogP contribution in [0.4, 0.5) is 8.78 Å². The molecule has 0 aromatic heterocycles. The molecule has 0 amide bonds. The third-order valence-corrected chi connectivity index (χ3v) is 4.50. The number of hydrogen-bond donors (Lipinski definition) is 2. The third-order valence-electron chi connectivity index (χ3n) is 4.50. The van der Waals surface area contributed by atoms with Crippen molar-refractivity contribution in [3.63, 3.8) is 0 Å². The van der Waals surface area contributed by atoms with E-state index >= 15 is 0 Å². The van der Waals surface area contributed by atoms with Gasteiger partial charge in [0.25, 0.3) is 0 Å². The largest absolute Gasteiger partial charge is 0.380 e. The first-order valence-electron chi connectivity index (χ1n) is 7.57. The minimum Gasteiger partial charge on any atom is -0.380 e. The van der Waals surface area contributed by atoms with Crippen LogP contribution in [0.2, 0.25) is 0 Å². The normalized spacial score (nSPS) is 16.7. The summed E-state index contributed by atoms with van der Waals surface area (Å²) >= 11 is 0. The van der Waals surface area contributed by atoms with Crippen molar-refractivity contribution in [3.8, 4) is 0 Å². The van der Waals surface area contributed by atoms with E-state index in [1.54, 1.807) is 36.4 Å². The minimum absolute atomic E-state index is 0.145. The Morgan fingerprint density at radius 2 is 1.32 bits per heavy atom. The molecule has 0 bridgehead atoms. The fraction of sp³-hybridized carbons (Fsp3) is 0.333. The van der Waals surface area contributed by atoms with Gasteiger partial charge in [0.15, 0.2) is 0 Å². The van der Waals surface area contributed by atoms with Crippen LogP contribution < -0.4 is 5.32 Å². The van der Waals surface area contributed by atoms with Crippen molar-refractivity contribution in [2.75, 3.05) is 13.1 Å². The van der Waals surface area contributed by atoms with Gasteiger partial charge < -0.3 is 10.4 Å². The Balaban J connectivity index is 2.18. The van der Waals surface area contributed by atoms with Crippen LogP contribution in [0.25, 0.3) is 0 Å². The van der Waals surface area contributed by atoms with Gasteiger partial charge in [-0.15, -0.1) is 0 Å². The summed E-state index contributed by atoms with van der Waals surface area (Å²) in [6.07, 6.45) is 1.33. The molecule has 1 heterocycles. The Hall–Kier alpha value is -1.78. The lowest BCUT2D eigenvalue weighted by Crippen LogP contribution is -2.43. The van der Waals surface area contributed by atoms with E-state index < -0.39 is 17.2 Å². The summed E-state index contributed by atoms with van der Waals surface area (Å²) in [7, 11) is 0. The summed E-state index contributed by atoms with van der Waals surface area (Å²) in [5.41, 5.74) is -1.36. The zero-order valence-electron chi connectivity index (χ0n) is 12.2. The zero-order chi connectivity index (χ0) is 15.6. The van der Waals surface area contributed by atoms with Crippen LogP contribution in [0.3, 0.4) is 0 Å². The molecule has 0 spiro atoms.